The second-order valence-electron chi connectivity index (χ2n) is 4.43. The van der Waals surface area contributed by atoms with Crippen LogP contribution in [0.5, 0.6) is 5.88 Å². The first-order chi connectivity index (χ1) is 10.1. The van der Waals surface area contributed by atoms with Crippen LogP contribution in [0, 0.1) is 0 Å². The Kier molecular flexibility index (Phi) is 3.69. The summed E-state index contributed by atoms with van der Waals surface area (Å²) in [6.45, 7) is 1.84. The van der Waals surface area contributed by atoms with Gasteiger partial charge in [-0.15, -0.1) is 11.6 Å². The van der Waals surface area contributed by atoms with Crippen LogP contribution in [0.4, 0.5) is 0 Å². The molecule has 2 aromatic heterocycles. The maximum atomic E-state index is 6.30. The number of hydrogen-bond donors (Lipinski definition) is 0. The van der Waals surface area contributed by atoms with E-state index >= 15 is 0 Å². The third-order valence-electron chi connectivity index (χ3n) is 3.08. The van der Waals surface area contributed by atoms with Gasteiger partial charge in [-0.2, -0.15) is 4.98 Å². The first-order valence-corrected chi connectivity index (χ1v) is 7.11. The van der Waals surface area contributed by atoms with Gasteiger partial charge in [-0.1, -0.05) is 23.7 Å². The van der Waals surface area contributed by atoms with Gasteiger partial charge in [0.1, 0.15) is 12.2 Å². The molecule has 0 radical (unpaired) electrons. The summed E-state index contributed by atoms with van der Waals surface area (Å²) >= 11 is 12.6. The summed E-state index contributed by atoms with van der Waals surface area (Å²) in [5.74, 6) is 1.04. The zero-order valence-electron chi connectivity index (χ0n) is 11.4. The van der Waals surface area contributed by atoms with Gasteiger partial charge >= 0.3 is 0 Å². The largest absolute Gasteiger partial charge is 0.479 e. The number of ether oxygens (including phenoxy) is 1. The highest BCUT2D eigenvalue weighted by Crippen LogP contribution is 2.32. The highest BCUT2D eigenvalue weighted by molar-refractivity contribution is 6.32. The van der Waals surface area contributed by atoms with Crippen molar-refractivity contribution in [3.63, 3.8) is 0 Å². The van der Waals surface area contributed by atoms with E-state index in [2.05, 4.69) is 15.0 Å². The van der Waals surface area contributed by atoms with Crippen molar-refractivity contribution in [2.45, 2.75) is 12.3 Å². The smallest absolute Gasteiger partial charge is 0.245 e. The van der Waals surface area contributed by atoms with E-state index in [1.54, 1.807) is 7.11 Å². The molecule has 0 saturated heterocycles. The Morgan fingerprint density at radius 1 is 1.24 bits per heavy atom. The van der Waals surface area contributed by atoms with Crippen LogP contribution in [0.2, 0.25) is 5.02 Å². The first kappa shape index (κ1) is 14.1. The van der Waals surface area contributed by atoms with Gasteiger partial charge in [-0.3, -0.25) is 4.57 Å². The van der Waals surface area contributed by atoms with Gasteiger partial charge in [-0.25, -0.2) is 9.97 Å². The number of fused-ring (bicyclic) bond motifs is 1. The summed E-state index contributed by atoms with van der Waals surface area (Å²) in [4.78, 5) is 12.9. The van der Waals surface area contributed by atoms with Gasteiger partial charge in [0.05, 0.1) is 23.2 Å². The molecule has 0 aliphatic heterocycles. The van der Waals surface area contributed by atoms with E-state index in [1.165, 1.54) is 6.33 Å². The molecule has 1 unspecified atom stereocenters. The third-order valence-corrected chi connectivity index (χ3v) is 3.59. The normalized spacial score (nSPS) is 12.6. The van der Waals surface area contributed by atoms with Crippen LogP contribution in [0.25, 0.3) is 16.9 Å². The Balaban J connectivity index is 2.40. The molecule has 0 bridgehead atoms. The number of hydrogen-bond acceptors (Lipinski definition) is 4. The molecule has 108 valence electrons. The summed E-state index contributed by atoms with van der Waals surface area (Å²) in [7, 11) is 1.54. The van der Waals surface area contributed by atoms with Crippen molar-refractivity contribution in [3.05, 3.63) is 41.4 Å². The number of para-hydroxylation sites is 1. The van der Waals surface area contributed by atoms with E-state index in [-0.39, 0.29) is 5.38 Å². The van der Waals surface area contributed by atoms with Gasteiger partial charge in [0.25, 0.3) is 0 Å². The van der Waals surface area contributed by atoms with Crippen molar-refractivity contribution in [3.8, 4) is 11.6 Å². The summed E-state index contributed by atoms with van der Waals surface area (Å²) in [6.07, 6.45) is 1.43. The standard InChI is InChI=1S/C14H12Cl2N4O/c1-8(15)12-19-11-13(17-7-18-14(11)21-2)20(12)10-6-4-3-5-9(10)16/h3-8H,1-2H3. The lowest BCUT2D eigenvalue weighted by molar-refractivity contribution is 0.401. The van der Waals surface area contributed by atoms with Crippen LogP contribution >= 0.6 is 23.2 Å². The van der Waals surface area contributed by atoms with Crippen molar-refractivity contribution < 1.29 is 4.74 Å². The van der Waals surface area contributed by atoms with E-state index in [9.17, 15) is 0 Å². The average molecular weight is 323 g/mol. The fourth-order valence-electron chi connectivity index (χ4n) is 2.18. The highest BCUT2D eigenvalue weighted by atomic mass is 35.5. The van der Waals surface area contributed by atoms with Crippen molar-refractivity contribution in [1.29, 1.82) is 0 Å². The molecule has 0 N–H and O–H groups in total. The van der Waals surface area contributed by atoms with Gasteiger partial charge in [0.15, 0.2) is 11.2 Å². The second kappa shape index (κ2) is 5.50. The summed E-state index contributed by atoms with van der Waals surface area (Å²) in [5.41, 5.74) is 1.93. The van der Waals surface area contributed by atoms with Crippen LogP contribution in [-0.4, -0.2) is 26.6 Å². The van der Waals surface area contributed by atoms with E-state index in [4.69, 9.17) is 27.9 Å². The minimum Gasteiger partial charge on any atom is -0.479 e. The van der Waals surface area contributed by atoms with Crippen molar-refractivity contribution >= 4 is 34.4 Å². The maximum Gasteiger partial charge on any atom is 0.245 e. The number of methoxy groups -OCH3 is 1. The van der Waals surface area contributed by atoms with Crippen molar-refractivity contribution in [2.75, 3.05) is 7.11 Å². The molecule has 3 aromatic rings. The lowest BCUT2D eigenvalue weighted by atomic mass is 10.3. The fraction of sp³-hybridized carbons (Fsp3) is 0.214. The molecule has 0 aliphatic carbocycles. The van der Waals surface area contributed by atoms with E-state index in [1.807, 2.05) is 35.8 Å². The SMILES string of the molecule is COc1ncnc2c1nc(C(C)Cl)n2-c1ccccc1Cl. The van der Waals surface area contributed by atoms with Crippen molar-refractivity contribution in [2.24, 2.45) is 0 Å². The molecule has 1 atom stereocenters. The molecule has 0 aliphatic rings. The Morgan fingerprint density at radius 3 is 2.67 bits per heavy atom. The number of alkyl halides is 1. The Labute approximate surface area is 131 Å². The lowest BCUT2D eigenvalue weighted by Gasteiger charge is -2.11. The Morgan fingerprint density at radius 2 is 2.00 bits per heavy atom. The number of nitrogens with zero attached hydrogens (tertiary/aromatic N) is 4. The van der Waals surface area contributed by atoms with Crippen molar-refractivity contribution in [1.82, 2.24) is 19.5 Å². The predicted molar refractivity (Wildman–Crippen MR) is 82.5 cm³/mol. The summed E-state index contributed by atoms with van der Waals surface area (Å²) < 4.78 is 7.07. The molecule has 0 amide bonds. The number of imidazole rings is 1. The maximum absolute atomic E-state index is 6.30. The fourth-order valence-corrected chi connectivity index (χ4v) is 2.54. The minimum atomic E-state index is -0.319. The first-order valence-electron chi connectivity index (χ1n) is 6.29. The molecular formula is C14H12Cl2N4O. The van der Waals surface area contributed by atoms with Gasteiger partial charge < -0.3 is 4.74 Å². The third kappa shape index (κ3) is 2.32. The van der Waals surface area contributed by atoms with E-state index < -0.39 is 0 Å². The summed E-state index contributed by atoms with van der Waals surface area (Å²) in [6, 6.07) is 7.46. The molecule has 21 heavy (non-hydrogen) atoms. The molecule has 3 rings (SSSR count). The Hall–Kier alpha value is -1.85. The molecular weight excluding hydrogens is 311 g/mol. The van der Waals surface area contributed by atoms with Crippen LogP contribution in [0.1, 0.15) is 18.1 Å². The van der Waals surface area contributed by atoms with Crippen LogP contribution < -0.4 is 4.74 Å². The van der Waals surface area contributed by atoms with Crippen LogP contribution in [-0.2, 0) is 0 Å². The quantitative estimate of drug-likeness (QED) is 0.688. The molecule has 7 heteroatoms. The second-order valence-corrected chi connectivity index (χ2v) is 5.49. The molecule has 1 aromatic carbocycles. The topological polar surface area (TPSA) is 52.8 Å². The highest BCUT2D eigenvalue weighted by Gasteiger charge is 2.21. The number of aromatic nitrogens is 4. The van der Waals surface area contributed by atoms with E-state index in [0.29, 0.717) is 27.9 Å². The minimum absolute atomic E-state index is 0.319. The average Bonchev–Trinajstić information content (AvgIpc) is 2.87. The summed E-state index contributed by atoms with van der Waals surface area (Å²) in [5, 5.41) is 0.271. The van der Waals surface area contributed by atoms with Gasteiger partial charge in [-0.05, 0) is 19.1 Å². The Bertz CT molecular complexity index is 801. The molecule has 2 heterocycles. The zero-order chi connectivity index (χ0) is 15.0. The van der Waals surface area contributed by atoms with Crippen LogP contribution in [0.3, 0.4) is 0 Å². The van der Waals surface area contributed by atoms with Crippen LogP contribution in [0.15, 0.2) is 30.6 Å². The number of rotatable bonds is 3. The van der Waals surface area contributed by atoms with E-state index in [0.717, 1.165) is 5.69 Å². The van der Waals surface area contributed by atoms with Gasteiger partial charge in [0.2, 0.25) is 5.88 Å². The molecule has 0 fully saturated rings. The molecule has 0 spiro atoms. The predicted octanol–water partition coefficient (Wildman–Crippen LogP) is 3.78. The lowest BCUT2D eigenvalue weighted by Crippen LogP contribution is -2.03. The zero-order valence-corrected chi connectivity index (χ0v) is 12.9. The number of benzene rings is 1. The molecule has 0 saturated carbocycles. The van der Waals surface area contributed by atoms with Gasteiger partial charge in [0, 0.05) is 0 Å². The monoisotopic (exact) mass is 322 g/mol. The molecule has 5 nitrogen and oxygen atoms in total. The number of halogens is 2.